The molecule has 0 fully saturated rings. The smallest absolute Gasteiger partial charge is 0.0406 e. The van der Waals surface area contributed by atoms with Crippen molar-refractivity contribution in [2.45, 2.75) is 32.6 Å². The third-order valence-corrected chi connectivity index (χ3v) is 3.45. The molecule has 0 amide bonds. The van der Waals surface area contributed by atoms with Gasteiger partial charge in [-0.3, -0.25) is 0 Å². The van der Waals surface area contributed by atoms with Crippen molar-refractivity contribution in [1.29, 1.82) is 0 Å². The van der Waals surface area contributed by atoms with Crippen molar-refractivity contribution < 1.29 is 0 Å². The van der Waals surface area contributed by atoms with Gasteiger partial charge in [0.05, 0.1) is 0 Å². The Balaban J connectivity index is 2.01. The zero-order chi connectivity index (χ0) is 14.2. The summed E-state index contributed by atoms with van der Waals surface area (Å²) in [7, 11) is 0. The molecule has 2 aromatic carbocycles. The lowest BCUT2D eigenvalue weighted by Crippen LogP contribution is -1.79. The average Bonchev–Trinajstić information content (AvgIpc) is 2.49. The van der Waals surface area contributed by atoms with Gasteiger partial charge in [0.1, 0.15) is 0 Å². The van der Waals surface area contributed by atoms with Gasteiger partial charge in [0.2, 0.25) is 0 Å². The van der Waals surface area contributed by atoms with E-state index in [4.69, 9.17) is 11.6 Å². The topological polar surface area (TPSA) is 0 Å². The Kier molecular flexibility index (Phi) is 5.71. The SMILES string of the molecule is CCCCCC#Cc1ccc(-c2ccc(Cl)cc2)cc1. The lowest BCUT2D eigenvalue weighted by atomic mass is 10.0. The third-order valence-electron chi connectivity index (χ3n) is 3.20. The molecular formula is C19H19Cl. The highest BCUT2D eigenvalue weighted by Gasteiger charge is 1.97. The minimum Gasteiger partial charge on any atom is -0.0979 e. The van der Waals surface area contributed by atoms with Gasteiger partial charge in [0.25, 0.3) is 0 Å². The van der Waals surface area contributed by atoms with Crippen molar-refractivity contribution in [1.82, 2.24) is 0 Å². The molecule has 0 saturated heterocycles. The quantitative estimate of drug-likeness (QED) is 0.481. The lowest BCUT2D eigenvalue weighted by Gasteiger charge is -2.01. The van der Waals surface area contributed by atoms with E-state index in [0.29, 0.717) is 0 Å². The van der Waals surface area contributed by atoms with Crippen LogP contribution in [0.4, 0.5) is 0 Å². The van der Waals surface area contributed by atoms with Crippen LogP contribution in [0.3, 0.4) is 0 Å². The molecule has 0 spiro atoms. The number of rotatable bonds is 4. The molecule has 0 aliphatic carbocycles. The molecule has 102 valence electrons. The maximum absolute atomic E-state index is 5.90. The summed E-state index contributed by atoms with van der Waals surface area (Å²) < 4.78 is 0. The first kappa shape index (κ1) is 14.7. The van der Waals surface area contributed by atoms with E-state index in [-0.39, 0.29) is 0 Å². The summed E-state index contributed by atoms with van der Waals surface area (Å²) >= 11 is 5.90. The first-order valence-electron chi connectivity index (χ1n) is 7.14. The molecule has 0 nitrogen and oxygen atoms in total. The number of benzene rings is 2. The molecule has 0 radical (unpaired) electrons. The molecular weight excluding hydrogens is 264 g/mol. The highest BCUT2D eigenvalue weighted by Crippen LogP contribution is 2.21. The van der Waals surface area contributed by atoms with Gasteiger partial charge >= 0.3 is 0 Å². The predicted molar refractivity (Wildman–Crippen MR) is 87.9 cm³/mol. The fourth-order valence-corrected chi connectivity index (χ4v) is 2.14. The van der Waals surface area contributed by atoms with Gasteiger partial charge in [-0.25, -0.2) is 0 Å². The summed E-state index contributed by atoms with van der Waals surface area (Å²) in [6, 6.07) is 16.3. The van der Waals surface area contributed by atoms with Gasteiger partial charge < -0.3 is 0 Å². The minimum atomic E-state index is 0.767. The van der Waals surface area contributed by atoms with Gasteiger partial charge in [-0.05, 0) is 41.8 Å². The Morgan fingerprint density at radius 2 is 1.45 bits per heavy atom. The predicted octanol–water partition coefficient (Wildman–Crippen LogP) is 5.94. The zero-order valence-electron chi connectivity index (χ0n) is 11.8. The Labute approximate surface area is 126 Å². The van der Waals surface area contributed by atoms with Crippen LogP contribution in [0.2, 0.25) is 5.02 Å². The van der Waals surface area contributed by atoms with Crippen LogP contribution in [0.15, 0.2) is 48.5 Å². The molecule has 1 heteroatoms. The van der Waals surface area contributed by atoms with E-state index >= 15 is 0 Å². The maximum Gasteiger partial charge on any atom is 0.0406 e. The van der Waals surface area contributed by atoms with Gasteiger partial charge in [-0.1, -0.05) is 67.5 Å². The van der Waals surface area contributed by atoms with E-state index in [1.165, 1.54) is 30.4 Å². The van der Waals surface area contributed by atoms with Crippen molar-refractivity contribution in [3.63, 3.8) is 0 Å². The third kappa shape index (κ3) is 4.44. The minimum absolute atomic E-state index is 0.767. The first-order chi connectivity index (χ1) is 9.79. The molecule has 0 saturated carbocycles. The van der Waals surface area contributed by atoms with Crippen LogP contribution >= 0.6 is 11.6 Å². The molecule has 0 aliphatic heterocycles. The van der Waals surface area contributed by atoms with E-state index in [1.54, 1.807) is 0 Å². The molecule has 0 N–H and O–H groups in total. The fourth-order valence-electron chi connectivity index (χ4n) is 2.02. The Hall–Kier alpha value is -1.71. The number of hydrogen-bond acceptors (Lipinski definition) is 0. The van der Waals surface area contributed by atoms with Gasteiger partial charge in [0, 0.05) is 17.0 Å². The lowest BCUT2D eigenvalue weighted by molar-refractivity contribution is 0.737. The summed E-state index contributed by atoms with van der Waals surface area (Å²) in [5.41, 5.74) is 3.45. The Bertz CT molecular complexity index is 582. The van der Waals surface area contributed by atoms with E-state index in [9.17, 15) is 0 Å². The summed E-state index contributed by atoms with van der Waals surface area (Å²) in [6.07, 6.45) is 4.71. The first-order valence-corrected chi connectivity index (χ1v) is 7.52. The zero-order valence-corrected chi connectivity index (χ0v) is 12.6. The van der Waals surface area contributed by atoms with Crippen molar-refractivity contribution in [2.75, 3.05) is 0 Å². The number of unbranched alkanes of at least 4 members (excludes halogenated alkanes) is 3. The summed E-state index contributed by atoms with van der Waals surface area (Å²) in [5, 5.41) is 0.767. The molecule has 20 heavy (non-hydrogen) atoms. The fraction of sp³-hybridized carbons (Fsp3) is 0.263. The van der Waals surface area contributed by atoms with E-state index in [1.807, 2.05) is 24.3 Å². The molecule has 0 atom stereocenters. The van der Waals surface area contributed by atoms with E-state index in [2.05, 4.69) is 43.0 Å². The summed E-state index contributed by atoms with van der Waals surface area (Å²) in [6.45, 7) is 2.21. The Morgan fingerprint density at radius 1 is 0.850 bits per heavy atom. The van der Waals surface area contributed by atoms with Crippen LogP contribution in [0.5, 0.6) is 0 Å². The standard InChI is InChI=1S/C19H19Cl/c1-2-3-4-5-6-7-16-8-10-17(11-9-16)18-12-14-19(20)15-13-18/h8-15H,2-5H2,1H3. The number of halogens is 1. The average molecular weight is 283 g/mol. The van der Waals surface area contributed by atoms with Gasteiger partial charge in [0.15, 0.2) is 0 Å². The second-order valence-electron chi connectivity index (χ2n) is 4.84. The van der Waals surface area contributed by atoms with Crippen LogP contribution < -0.4 is 0 Å². The van der Waals surface area contributed by atoms with Crippen LogP contribution in [-0.4, -0.2) is 0 Å². The Morgan fingerprint density at radius 3 is 2.05 bits per heavy atom. The van der Waals surface area contributed by atoms with Crippen molar-refractivity contribution in [3.8, 4) is 23.0 Å². The normalized spacial score (nSPS) is 9.90. The van der Waals surface area contributed by atoms with Crippen molar-refractivity contribution in [2.24, 2.45) is 0 Å². The van der Waals surface area contributed by atoms with Crippen LogP contribution in [0.25, 0.3) is 11.1 Å². The molecule has 0 bridgehead atoms. The van der Waals surface area contributed by atoms with Crippen LogP contribution in [0, 0.1) is 11.8 Å². The molecule has 0 heterocycles. The summed E-state index contributed by atoms with van der Waals surface area (Å²) in [4.78, 5) is 0. The van der Waals surface area contributed by atoms with Crippen molar-refractivity contribution >= 4 is 11.6 Å². The van der Waals surface area contributed by atoms with E-state index < -0.39 is 0 Å². The maximum atomic E-state index is 5.90. The van der Waals surface area contributed by atoms with Crippen molar-refractivity contribution in [3.05, 3.63) is 59.1 Å². The second kappa shape index (κ2) is 7.78. The number of hydrogen-bond donors (Lipinski definition) is 0. The van der Waals surface area contributed by atoms with E-state index in [0.717, 1.165) is 17.0 Å². The monoisotopic (exact) mass is 282 g/mol. The molecule has 2 aromatic rings. The molecule has 0 aliphatic rings. The van der Waals surface area contributed by atoms with Gasteiger partial charge in [-0.15, -0.1) is 0 Å². The largest absolute Gasteiger partial charge is 0.0979 e. The highest BCUT2D eigenvalue weighted by atomic mass is 35.5. The highest BCUT2D eigenvalue weighted by molar-refractivity contribution is 6.30. The van der Waals surface area contributed by atoms with Crippen LogP contribution in [0.1, 0.15) is 38.2 Å². The second-order valence-corrected chi connectivity index (χ2v) is 5.28. The van der Waals surface area contributed by atoms with Gasteiger partial charge in [-0.2, -0.15) is 0 Å². The molecule has 0 unspecified atom stereocenters. The van der Waals surface area contributed by atoms with Crippen LogP contribution in [-0.2, 0) is 0 Å². The molecule has 0 aromatic heterocycles. The molecule has 2 rings (SSSR count). The summed E-state index contributed by atoms with van der Waals surface area (Å²) in [5.74, 6) is 6.46.